The van der Waals surface area contributed by atoms with Gasteiger partial charge >= 0.3 is 5.97 Å². The summed E-state index contributed by atoms with van der Waals surface area (Å²) in [4.78, 5) is 27.6. The standard InChI is InChI=1S/C27H32FN3O5/c1-4-36-27(33)18-10-12-30(13-11-18)17-26(32)31-24(22-9-8-21(34-2)15-25(22)35-3)16-23(29-31)19-6-5-7-20(28)14-19/h5-9,14-15,18,24H,4,10-13,16-17H2,1-3H3. The lowest BCUT2D eigenvalue weighted by Gasteiger charge is -2.32. The number of carbonyl (C=O) groups is 2. The Morgan fingerprint density at radius 3 is 2.53 bits per heavy atom. The lowest BCUT2D eigenvalue weighted by atomic mass is 9.96. The van der Waals surface area contributed by atoms with E-state index in [0.717, 1.165) is 5.56 Å². The van der Waals surface area contributed by atoms with Gasteiger partial charge in [0.25, 0.3) is 5.91 Å². The van der Waals surface area contributed by atoms with Crippen LogP contribution in [0.5, 0.6) is 11.5 Å². The zero-order valence-corrected chi connectivity index (χ0v) is 20.9. The molecule has 0 radical (unpaired) electrons. The average Bonchev–Trinajstić information content (AvgIpc) is 3.34. The van der Waals surface area contributed by atoms with Gasteiger partial charge < -0.3 is 14.2 Å². The highest BCUT2D eigenvalue weighted by Gasteiger charge is 2.36. The van der Waals surface area contributed by atoms with E-state index in [9.17, 15) is 14.0 Å². The first-order valence-corrected chi connectivity index (χ1v) is 12.2. The van der Waals surface area contributed by atoms with Gasteiger partial charge in [-0.2, -0.15) is 5.10 Å². The van der Waals surface area contributed by atoms with E-state index in [-0.39, 0.29) is 30.2 Å². The fourth-order valence-corrected chi connectivity index (χ4v) is 4.77. The zero-order chi connectivity index (χ0) is 25.7. The minimum Gasteiger partial charge on any atom is -0.497 e. The molecular weight excluding hydrogens is 465 g/mol. The van der Waals surface area contributed by atoms with E-state index in [4.69, 9.17) is 14.2 Å². The Bertz CT molecular complexity index is 1130. The molecule has 36 heavy (non-hydrogen) atoms. The number of piperidine rings is 1. The molecule has 1 atom stereocenters. The Morgan fingerprint density at radius 2 is 1.86 bits per heavy atom. The SMILES string of the molecule is CCOC(=O)C1CCN(CC(=O)N2N=C(c3cccc(F)c3)CC2c2ccc(OC)cc2OC)CC1. The maximum absolute atomic E-state index is 13.9. The summed E-state index contributed by atoms with van der Waals surface area (Å²) in [6, 6.07) is 11.3. The van der Waals surface area contributed by atoms with Gasteiger partial charge in [0.1, 0.15) is 17.3 Å². The maximum Gasteiger partial charge on any atom is 0.309 e. The molecule has 1 unspecified atom stereocenters. The normalized spacial score (nSPS) is 18.6. The van der Waals surface area contributed by atoms with Crippen molar-refractivity contribution >= 4 is 17.6 Å². The molecule has 1 fully saturated rings. The Labute approximate surface area is 210 Å². The van der Waals surface area contributed by atoms with Gasteiger partial charge in [0.2, 0.25) is 0 Å². The summed E-state index contributed by atoms with van der Waals surface area (Å²) in [5, 5.41) is 6.14. The second kappa shape index (κ2) is 11.5. The summed E-state index contributed by atoms with van der Waals surface area (Å²) >= 11 is 0. The highest BCUT2D eigenvalue weighted by molar-refractivity contribution is 6.03. The number of nitrogens with zero attached hydrogens (tertiary/aromatic N) is 3. The third-order valence-electron chi connectivity index (χ3n) is 6.69. The van der Waals surface area contributed by atoms with Crippen LogP contribution in [-0.2, 0) is 14.3 Å². The Balaban J connectivity index is 1.55. The topological polar surface area (TPSA) is 80.7 Å². The van der Waals surface area contributed by atoms with Crippen molar-refractivity contribution in [1.82, 2.24) is 9.91 Å². The van der Waals surface area contributed by atoms with Crippen LogP contribution in [0.25, 0.3) is 0 Å². The lowest BCUT2D eigenvalue weighted by Crippen LogP contribution is -2.43. The summed E-state index contributed by atoms with van der Waals surface area (Å²) < 4.78 is 30.0. The predicted octanol–water partition coefficient (Wildman–Crippen LogP) is 3.80. The van der Waals surface area contributed by atoms with E-state index in [1.54, 1.807) is 39.3 Å². The van der Waals surface area contributed by atoms with Crippen molar-refractivity contribution in [1.29, 1.82) is 0 Å². The molecule has 0 spiro atoms. The Morgan fingerprint density at radius 1 is 1.08 bits per heavy atom. The summed E-state index contributed by atoms with van der Waals surface area (Å²) in [5.41, 5.74) is 2.06. The van der Waals surface area contributed by atoms with Crippen LogP contribution in [0.4, 0.5) is 4.39 Å². The number of benzene rings is 2. The quantitative estimate of drug-likeness (QED) is 0.516. The van der Waals surface area contributed by atoms with Crippen molar-refractivity contribution in [3.63, 3.8) is 0 Å². The number of likely N-dealkylation sites (tertiary alicyclic amines) is 1. The maximum atomic E-state index is 13.9. The molecule has 9 heteroatoms. The minimum atomic E-state index is -0.409. The number of amides is 1. The van der Waals surface area contributed by atoms with Crippen LogP contribution in [0.1, 0.15) is 43.4 Å². The van der Waals surface area contributed by atoms with Crippen molar-refractivity contribution in [2.45, 2.75) is 32.2 Å². The summed E-state index contributed by atoms with van der Waals surface area (Å²) in [6.07, 6.45) is 1.72. The van der Waals surface area contributed by atoms with E-state index in [0.29, 0.717) is 61.7 Å². The molecule has 1 amide bonds. The molecule has 2 aliphatic heterocycles. The highest BCUT2D eigenvalue weighted by atomic mass is 19.1. The molecule has 0 saturated carbocycles. The fraction of sp³-hybridized carbons (Fsp3) is 0.444. The van der Waals surface area contributed by atoms with E-state index in [2.05, 4.69) is 5.10 Å². The molecule has 2 heterocycles. The van der Waals surface area contributed by atoms with Gasteiger partial charge in [0.15, 0.2) is 0 Å². The van der Waals surface area contributed by atoms with Crippen molar-refractivity contribution in [2.24, 2.45) is 11.0 Å². The lowest BCUT2D eigenvalue weighted by molar-refractivity contribution is -0.149. The first kappa shape index (κ1) is 25.6. The smallest absolute Gasteiger partial charge is 0.309 e. The van der Waals surface area contributed by atoms with Gasteiger partial charge in [-0.05, 0) is 57.1 Å². The van der Waals surface area contributed by atoms with Crippen LogP contribution in [-0.4, -0.2) is 68.0 Å². The summed E-state index contributed by atoms with van der Waals surface area (Å²) in [6.45, 7) is 3.59. The summed E-state index contributed by atoms with van der Waals surface area (Å²) in [5.74, 6) is 0.406. The Kier molecular flexibility index (Phi) is 8.20. The van der Waals surface area contributed by atoms with Crippen LogP contribution in [0, 0.1) is 11.7 Å². The number of methoxy groups -OCH3 is 2. The molecule has 0 aliphatic carbocycles. The van der Waals surface area contributed by atoms with E-state index in [1.165, 1.54) is 17.1 Å². The molecule has 4 rings (SSSR count). The van der Waals surface area contributed by atoms with Crippen molar-refractivity contribution in [2.75, 3.05) is 40.5 Å². The molecule has 2 aliphatic rings. The number of esters is 1. The number of hydrazone groups is 1. The van der Waals surface area contributed by atoms with Crippen LogP contribution in [0.3, 0.4) is 0 Å². The Hall–Kier alpha value is -3.46. The fourth-order valence-electron chi connectivity index (χ4n) is 4.77. The third-order valence-corrected chi connectivity index (χ3v) is 6.69. The first-order chi connectivity index (χ1) is 17.4. The third kappa shape index (κ3) is 5.67. The molecule has 0 aromatic heterocycles. The number of hydrogen-bond acceptors (Lipinski definition) is 7. The van der Waals surface area contributed by atoms with Crippen molar-refractivity contribution < 1.29 is 28.2 Å². The number of halogens is 1. The van der Waals surface area contributed by atoms with Gasteiger partial charge in [0, 0.05) is 23.6 Å². The highest BCUT2D eigenvalue weighted by Crippen LogP contribution is 2.39. The molecule has 0 bridgehead atoms. The van der Waals surface area contributed by atoms with Crippen molar-refractivity contribution in [3.8, 4) is 11.5 Å². The van der Waals surface area contributed by atoms with E-state index < -0.39 is 6.04 Å². The molecule has 0 N–H and O–H groups in total. The zero-order valence-electron chi connectivity index (χ0n) is 20.9. The molecular formula is C27H32FN3O5. The van der Waals surface area contributed by atoms with Gasteiger partial charge in [-0.25, -0.2) is 9.40 Å². The molecule has 2 aromatic rings. The minimum absolute atomic E-state index is 0.128. The van der Waals surface area contributed by atoms with Crippen LogP contribution in [0.15, 0.2) is 47.6 Å². The second-order valence-electron chi connectivity index (χ2n) is 8.93. The number of carbonyl (C=O) groups excluding carboxylic acids is 2. The largest absolute Gasteiger partial charge is 0.497 e. The predicted molar refractivity (Wildman–Crippen MR) is 132 cm³/mol. The monoisotopic (exact) mass is 497 g/mol. The van der Waals surface area contributed by atoms with Gasteiger partial charge in [-0.3, -0.25) is 14.5 Å². The van der Waals surface area contributed by atoms with Gasteiger partial charge in [0.05, 0.1) is 45.0 Å². The molecule has 2 aromatic carbocycles. The first-order valence-electron chi connectivity index (χ1n) is 12.2. The number of hydrogen-bond donors (Lipinski definition) is 0. The molecule has 192 valence electrons. The molecule has 8 nitrogen and oxygen atoms in total. The van der Waals surface area contributed by atoms with E-state index in [1.807, 2.05) is 17.0 Å². The number of rotatable bonds is 8. The van der Waals surface area contributed by atoms with Crippen LogP contribution in [0.2, 0.25) is 0 Å². The average molecular weight is 498 g/mol. The van der Waals surface area contributed by atoms with Crippen LogP contribution >= 0.6 is 0 Å². The van der Waals surface area contributed by atoms with E-state index >= 15 is 0 Å². The van der Waals surface area contributed by atoms with Crippen LogP contribution < -0.4 is 9.47 Å². The number of ether oxygens (including phenoxy) is 3. The summed E-state index contributed by atoms with van der Waals surface area (Å²) in [7, 11) is 3.15. The van der Waals surface area contributed by atoms with Crippen molar-refractivity contribution in [3.05, 3.63) is 59.4 Å². The second-order valence-corrected chi connectivity index (χ2v) is 8.93. The van der Waals surface area contributed by atoms with Gasteiger partial charge in [-0.1, -0.05) is 12.1 Å². The molecule has 1 saturated heterocycles. The van der Waals surface area contributed by atoms with Gasteiger partial charge in [-0.15, -0.1) is 0 Å².